The molecule has 0 bridgehead atoms. The van der Waals surface area contributed by atoms with E-state index in [1.54, 1.807) is 18.2 Å². The van der Waals surface area contributed by atoms with Crippen LogP contribution in [0.1, 0.15) is 19.0 Å². The maximum atomic E-state index is 12.2. The van der Waals surface area contributed by atoms with E-state index in [4.69, 9.17) is 34.8 Å². The summed E-state index contributed by atoms with van der Waals surface area (Å²) in [6, 6.07) is 4.94. The molecule has 0 spiro atoms. The fourth-order valence-corrected chi connectivity index (χ4v) is 3.08. The zero-order valence-corrected chi connectivity index (χ0v) is 15.4. The molecule has 0 unspecified atom stereocenters. The van der Waals surface area contributed by atoms with Crippen LogP contribution in [0.2, 0.25) is 14.4 Å². The summed E-state index contributed by atoms with van der Waals surface area (Å²) in [5, 5.41) is 7.69. The molecular weight excluding hydrogens is 379 g/mol. The lowest BCUT2D eigenvalue weighted by atomic mass is 10.3. The Kier molecular flexibility index (Phi) is 7.05. The number of carbonyl (C=O) groups is 1. The van der Waals surface area contributed by atoms with Gasteiger partial charge in [0.1, 0.15) is 10.0 Å². The summed E-state index contributed by atoms with van der Waals surface area (Å²) < 4.78 is 4.35. The minimum Gasteiger partial charge on any atom is -0.324 e. The number of nitrogens with zero attached hydrogens (tertiary/aromatic N) is 3. The van der Waals surface area contributed by atoms with Crippen molar-refractivity contribution < 1.29 is 4.79 Å². The van der Waals surface area contributed by atoms with E-state index >= 15 is 0 Å². The molecule has 1 N–H and O–H groups in total. The maximum Gasteiger partial charge on any atom is 0.238 e. The van der Waals surface area contributed by atoms with E-state index < -0.39 is 0 Å². The highest BCUT2D eigenvalue weighted by Crippen LogP contribution is 2.25. The van der Waals surface area contributed by atoms with E-state index in [2.05, 4.69) is 14.9 Å². The zero-order chi connectivity index (χ0) is 16.8. The summed E-state index contributed by atoms with van der Waals surface area (Å²) in [5.74, 6) is -0.165. The van der Waals surface area contributed by atoms with Crippen molar-refractivity contribution in [3.8, 4) is 0 Å². The van der Waals surface area contributed by atoms with Gasteiger partial charge >= 0.3 is 0 Å². The van der Waals surface area contributed by atoms with Gasteiger partial charge in [-0.2, -0.15) is 0 Å². The molecule has 0 aliphatic carbocycles. The fourth-order valence-electron chi connectivity index (χ4n) is 2.02. The summed E-state index contributed by atoms with van der Waals surface area (Å²) >= 11 is 19.1. The van der Waals surface area contributed by atoms with Gasteiger partial charge < -0.3 is 5.32 Å². The molecule has 0 saturated heterocycles. The van der Waals surface area contributed by atoms with Crippen molar-refractivity contribution in [1.29, 1.82) is 0 Å². The van der Waals surface area contributed by atoms with Crippen molar-refractivity contribution >= 4 is 57.9 Å². The van der Waals surface area contributed by atoms with E-state index in [-0.39, 0.29) is 12.5 Å². The molecular formula is C14H15Cl3N4OS. The largest absolute Gasteiger partial charge is 0.324 e. The van der Waals surface area contributed by atoms with Crippen molar-refractivity contribution in [3.05, 3.63) is 38.3 Å². The molecule has 1 aromatic heterocycles. The number of amides is 1. The lowest BCUT2D eigenvalue weighted by Gasteiger charge is -2.20. The minimum atomic E-state index is -0.165. The third kappa shape index (κ3) is 5.58. The number of halogens is 3. The van der Waals surface area contributed by atoms with Crippen LogP contribution in [0.5, 0.6) is 0 Å². The number of hydrogen-bond donors (Lipinski definition) is 1. The van der Waals surface area contributed by atoms with Crippen LogP contribution in [0.25, 0.3) is 0 Å². The van der Waals surface area contributed by atoms with Gasteiger partial charge in [-0.05, 0) is 31.2 Å². The number of aromatic nitrogens is 2. The lowest BCUT2D eigenvalue weighted by molar-refractivity contribution is -0.117. The number of hydrogen-bond acceptors (Lipinski definition) is 5. The van der Waals surface area contributed by atoms with Crippen LogP contribution >= 0.6 is 46.3 Å². The number of benzene rings is 1. The van der Waals surface area contributed by atoms with Gasteiger partial charge in [-0.15, -0.1) is 5.10 Å². The molecule has 0 aliphatic heterocycles. The van der Waals surface area contributed by atoms with Gasteiger partial charge in [0.2, 0.25) is 5.91 Å². The predicted molar refractivity (Wildman–Crippen MR) is 95.6 cm³/mol. The second-order valence-electron chi connectivity index (χ2n) is 4.88. The highest BCUT2D eigenvalue weighted by Gasteiger charge is 2.15. The third-order valence-corrected chi connectivity index (χ3v) is 4.53. The molecule has 1 aromatic carbocycles. The first-order valence-electron chi connectivity index (χ1n) is 6.93. The van der Waals surface area contributed by atoms with Crippen LogP contribution in [0.3, 0.4) is 0 Å². The molecule has 0 radical (unpaired) electrons. The summed E-state index contributed by atoms with van der Waals surface area (Å²) in [6.07, 6.45) is 0.907. The molecule has 0 saturated carbocycles. The van der Waals surface area contributed by atoms with E-state index in [0.29, 0.717) is 32.3 Å². The molecule has 23 heavy (non-hydrogen) atoms. The molecule has 0 fully saturated rings. The topological polar surface area (TPSA) is 58.1 Å². The number of rotatable bonds is 7. The normalized spacial score (nSPS) is 11.0. The quantitative estimate of drug-likeness (QED) is 0.760. The molecule has 5 nitrogen and oxygen atoms in total. The Labute approximate surface area is 153 Å². The van der Waals surface area contributed by atoms with Crippen LogP contribution in [0, 0.1) is 0 Å². The average Bonchev–Trinajstić information content (AvgIpc) is 2.87. The summed E-state index contributed by atoms with van der Waals surface area (Å²) in [7, 11) is 0. The SMILES string of the molecule is CCCN(CC(=O)Nc1ccc(Cl)cc1Cl)Cc1nnsc1Cl. The summed E-state index contributed by atoms with van der Waals surface area (Å²) in [5.41, 5.74) is 1.22. The van der Waals surface area contributed by atoms with Crippen LogP contribution in [-0.4, -0.2) is 33.5 Å². The molecule has 1 heterocycles. The van der Waals surface area contributed by atoms with Gasteiger partial charge in [0.25, 0.3) is 0 Å². The van der Waals surface area contributed by atoms with Crippen LogP contribution in [0.15, 0.2) is 18.2 Å². The smallest absolute Gasteiger partial charge is 0.238 e. The Morgan fingerprint density at radius 3 is 2.74 bits per heavy atom. The maximum absolute atomic E-state index is 12.2. The lowest BCUT2D eigenvalue weighted by Crippen LogP contribution is -2.33. The van der Waals surface area contributed by atoms with Gasteiger partial charge in [-0.1, -0.05) is 46.2 Å². The van der Waals surface area contributed by atoms with Crippen molar-refractivity contribution in [3.63, 3.8) is 0 Å². The van der Waals surface area contributed by atoms with Crippen LogP contribution < -0.4 is 5.32 Å². The molecule has 0 atom stereocenters. The van der Waals surface area contributed by atoms with E-state index in [1.807, 2.05) is 11.8 Å². The standard InChI is InChI=1S/C14H15Cl3N4OS/c1-2-5-21(7-12-14(17)23-20-19-12)8-13(22)18-11-4-3-9(15)6-10(11)16/h3-4,6H,2,5,7-8H2,1H3,(H,18,22). The number of nitrogens with one attached hydrogen (secondary N) is 1. The van der Waals surface area contributed by atoms with Gasteiger partial charge in [0, 0.05) is 23.1 Å². The first kappa shape index (κ1) is 18.4. The molecule has 0 aliphatic rings. The van der Waals surface area contributed by atoms with E-state index in [1.165, 1.54) is 0 Å². The highest BCUT2D eigenvalue weighted by atomic mass is 35.5. The Morgan fingerprint density at radius 2 is 2.13 bits per heavy atom. The second-order valence-corrected chi connectivity index (χ2v) is 7.08. The first-order chi connectivity index (χ1) is 11.0. The minimum absolute atomic E-state index is 0.165. The zero-order valence-electron chi connectivity index (χ0n) is 12.4. The number of anilines is 1. The van der Waals surface area contributed by atoms with Crippen molar-refractivity contribution in [2.75, 3.05) is 18.4 Å². The van der Waals surface area contributed by atoms with Crippen LogP contribution in [-0.2, 0) is 11.3 Å². The van der Waals surface area contributed by atoms with Crippen molar-refractivity contribution in [2.24, 2.45) is 0 Å². The average molecular weight is 394 g/mol. The predicted octanol–water partition coefficient (Wildman–Crippen LogP) is 4.35. The highest BCUT2D eigenvalue weighted by molar-refractivity contribution is 7.10. The molecule has 1 amide bonds. The van der Waals surface area contributed by atoms with Gasteiger partial charge in [-0.25, -0.2) is 0 Å². The number of carbonyl (C=O) groups excluding carboxylic acids is 1. The monoisotopic (exact) mass is 392 g/mol. The summed E-state index contributed by atoms with van der Waals surface area (Å²) in [4.78, 5) is 14.2. The third-order valence-electron chi connectivity index (χ3n) is 3.00. The van der Waals surface area contributed by atoms with Gasteiger partial charge in [0.15, 0.2) is 0 Å². The second kappa shape index (κ2) is 8.80. The molecule has 2 aromatic rings. The van der Waals surface area contributed by atoms with Gasteiger partial charge in [-0.3, -0.25) is 9.69 Å². The summed E-state index contributed by atoms with van der Waals surface area (Å²) in [6.45, 7) is 3.48. The Morgan fingerprint density at radius 1 is 1.35 bits per heavy atom. The van der Waals surface area contributed by atoms with Crippen molar-refractivity contribution in [2.45, 2.75) is 19.9 Å². The molecule has 2 rings (SSSR count). The van der Waals surface area contributed by atoms with Crippen LogP contribution in [0.4, 0.5) is 5.69 Å². The Hall–Kier alpha value is -0.920. The van der Waals surface area contributed by atoms with E-state index in [0.717, 1.165) is 24.5 Å². The fraction of sp³-hybridized carbons (Fsp3) is 0.357. The van der Waals surface area contributed by atoms with E-state index in [9.17, 15) is 4.79 Å². The van der Waals surface area contributed by atoms with Crippen molar-refractivity contribution in [1.82, 2.24) is 14.5 Å². The molecule has 124 valence electrons. The Balaban J connectivity index is 1.98. The van der Waals surface area contributed by atoms with Gasteiger partial charge in [0.05, 0.1) is 17.3 Å². The Bertz CT molecular complexity index is 680. The molecule has 9 heteroatoms. The first-order valence-corrected chi connectivity index (χ1v) is 8.84.